The third-order valence-corrected chi connectivity index (χ3v) is 4.00. The van der Waals surface area contributed by atoms with Crippen molar-refractivity contribution in [3.63, 3.8) is 0 Å². The predicted octanol–water partition coefficient (Wildman–Crippen LogP) is 4.25. The fourth-order valence-electron chi connectivity index (χ4n) is 2.93. The van der Waals surface area contributed by atoms with E-state index in [0.29, 0.717) is 5.57 Å². The highest BCUT2D eigenvalue weighted by Gasteiger charge is 2.29. The summed E-state index contributed by atoms with van der Waals surface area (Å²) in [6, 6.07) is 20.0. The molecule has 0 radical (unpaired) electrons. The van der Waals surface area contributed by atoms with E-state index in [9.17, 15) is 4.79 Å². The van der Waals surface area contributed by atoms with Gasteiger partial charge in [-0.3, -0.25) is 0 Å². The number of para-hydroxylation sites is 1. The maximum Gasteiger partial charge on any atom is 0.336 e. The van der Waals surface area contributed by atoms with Gasteiger partial charge in [0.05, 0.1) is 12.7 Å². The number of carbonyl (C=O) groups excluding carboxylic acids is 1. The van der Waals surface area contributed by atoms with Crippen molar-refractivity contribution in [2.75, 3.05) is 12.0 Å². The van der Waals surface area contributed by atoms with Gasteiger partial charge in [-0.1, -0.05) is 48.5 Å². The quantitative estimate of drug-likeness (QED) is 0.794. The van der Waals surface area contributed by atoms with Crippen LogP contribution in [0.25, 0.3) is 0 Å². The highest BCUT2D eigenvalue weighted by molar-refractivity contribution is 5.92. The molecule has 1 aliphatic rings. The van der Waals surface area contributed by atoms with Crippen LogP contribution >= 0.6 is 0 Å². The molecule has 0 aliphatic carbocycles. The number of benzene rings is 2. The molecule has 2 aromatic carbocycles. The van der Waals surface area contributed by atoms with E-state index in [1.54, 1.807) is 0 Å². The average molecular weight is 305 g/mol. The highest BCUT2D eigenvalue weighted by Crippen LogP contribution is 2.37. The zero-order valence-electron chi connectivity index (χ0n) is 13.3. The molecule has 1 unspecified atom stereocenters. The van der Waals surface area contributed by atoms with E-state index in [-0.39, 0.29) is 11.9 Å². The Bertz CT molecular complexity index is 748. The minimum atomic E-state index is -0.299. The largest absolute Gasteiger partial charge is 0.466 e. The Morgan fingerprint density at radius 2 is 1.57 bits per heavy atom. The summed E-state index contributed by atoms with van der Waals surface area (Å²) >= 11 is 0. The van der Waals surface area contributed by atoms with E-state index in [1.165, 1.54) is 7.11 Å². The minimum Gasteiger partial charge on any atom is -0.466 e. The number of esters is 1. The zero-order chi connectivity index (χ0) is 16.2. The molecular weight excluding hydrogens is 286 g/mol. The van der Waals surface area contributed by atoms with Crippen molar-refractivity contribution in [2.24, 2.45) is 0 Å². The van der Waals surface area contributed by atoms with Crippen LogP contribution in [0.4, 0.5) is 5.69 Å². The normalized spacial score (nSPS) is 17.3. The van der Waals surface area contributed by atoms with Crippen molar-refractivity contribution in [3.8, 4) is 0 Å². The molecule has 0 fully saturated rings. The minimum absolute atomic E-state index is 0.0800. The molecule has 3 heteroatoms. The number of methoxy groups -OCH3 is 1. The maximum absolute atomic E-state index is 12.3. The van der Waals surface area contributed by atoms with Crippen LogP contribution in [0.15, 0.2) is 84.2 Å². The first-order chi connectivity index (χ1) is 11.2. The van der Waals surface area contributed by atoms with Gasteiger partial charge in [-0.05, 0) is 30.2 Å². The molecule has 0 N–H and O–H groups in total. The summed E-state index contributed by atoms with van der Waals surface area (Å²) in [7, 11) is 1.42. The number of rotatable bonds is 3. The van der Waals surface area contributed by atoms with Crippen LogP contribution in [-0.2, 0) is 9.53 Å². The average Bonchev–Trinajstić information content (AvgIpc) is 2.61. The van der Waals surface area contributed by atoms with Crippen molar-refractivity contribution < 1.29 is 9.53 Å². The van der Waals surface area contributed by atoms with Crippen LogP contribution in [0.1, 0.15) is 18.4 Å². The van der Waals surface area contributed by atoms with Gasteiger partial charge in [0.25, 0.3) is 0 Å². The molecule has 1 atom stereocenters. The third-order valence-electron chi connectivity index (χ3n) is 4.00. The van der Waals surface area contributed by atoms with Gasteiger partial charge in [0, 0.05) is 24.0 Å². The van der Waals surface area contributed by atoms with E-state index < -0.39 is 0 Å². The van der Waals surface area contributed by atoms with Crippen LogP contribution in [-0.4, -0.2) is 13.1 Å². The number of nitrogens with zero attached hydrogens (tertiary/aromatic N) is 1. The standard InChI is InChI=1S/C20H19NO2/c1-15-13-21(17-11-7-4-8-12-17)14-18(20(22)23-2)19(15)16-9-5-3-6-10-16/h3-14,19H,1-2H3. The molecule has 0 aromatic heterocycles. The SMILES string of the molecule is COC(=O)C1=CN(c2ccccc2)C=C(C)C1c1ccccc1. The molecule has 23 heavy (non-hydrogen) atoms. The molecule has 3 nitrogen and oxygen atoms in total. The van der Waals surface area contributed by atoms with Crippen molar-refractivity contribution in [2.45, 2.75) is 12.8 Å². The molecule has 2 aromatic rings. The smallest absolute Gasteiger partial charge is 0.336 e. The lowest BCUT2D eigenvalue weighted by atomic mass is 9.84. The van der Waals surface area contributed by atoms with Gasteiger partial charge in [-0.2, -0.15) is 0 Å². The molecule has 1 heterocycles. The Morgan fingerprint density at radius 1 is 0.957 bits per heavy atom. The second-order valence-electron chi connectivity index (χ2n) is 5.54. The monoisotopic (exact) mass is 305 g/mol. The van der Waals surface area contributed by atoms with Crippen LogP contribution < -0.4 is 4.90 Å². The summed E-state index contributed by atoms with van der Waals surface area (Å²) in [5.41, 5.74) is 3.84. The van der Waals surface area contributed by atoms with Crippen molar-refractivity contribution in [1.29, 1.82) is 0 Å². The highest BCUT2D eigenvalue weighted by atomic mass is 16.5. The number of hydrogen-bond donors (Lipinski definition) is 0. The lowest BCUT2D eigenvalue weighted by Gasteiger charge is -2.29. The summed E-state index contributed by atoms with van der Waals surface area (Å²) in [6.07, 6.45) is 3.94. The first-order valence-corrected chi connectivity index (χ1v) is 7.57. The van der Waals surface area contributed by atoms with Crippen LogP contribution in [0.5, 0.6) is 0 Å². The molecule has 0 saturated heterocycles. The number of hydrogen-bond acceptors (Lipinski definition) is 3. The third kappa shape index (κ3) is 3.04. The fraction of sp³-hybridized carbons (Fsp3) is 0.150. The Morgan fingerprint density at radius 3 is 2.17 bits per heavy atom. The van der Waals surface area contributed by atoms with Gasteiger partial charge in [0.15, 0.2) is 0 Å². The number of carbonyl (C=O) groups is 1. The lowest BCUT2D eigenvalue weighted by Crippen LogP contribution is -2.24. The molecule has 0 spiro atoms. The van der Waals surface area contributed by atoms with Gasteiger partial charge >= 0.3 is 5.97 Å². The molecule has 0 amide bonds. The second kappa shape index (κ2) is 6.53. The summed E-state index contributed by atoms with van der Waals surface area (Å²) in [5, 5.41) is 0. The molecule has 1 aliphatic heterocycles. The van der Waals surface area contributed by atoms with Gasteiger partial charge in [-0.25, -0.2) is 4.79 Å². The fourth-order valence-corrected chi connectivity index (χ4v) is 2.93. The summed E-state index contributed by atoms with van der Waals surface area (Å²) < 4.78 is 5.01. The van der Waals surface area contributed by atoms with Gasteiger partial charge in [0.2, 0.25) is 0 Å². The summed E-state index contributed by atoms with van der Waals surface area (Å²) in [4.78, 5) is 14.3. The molecule has 3 rings (SSSR count). The van der Waals surface area contributed by atoms with Crippen LogP contribution in [0.2, 0.25) is 0 Å². The van der Waals surface area contributed by atoms with E-state index in [1.807, 2.05) is 78.7 Å². The topological polar surface area (TPSA) is 29.5 Å². The Kier molecular flexibility index (Phi) is 4.29. The maximum atomic E-state index is 12.3. The van der Waals surface area contributed by atoms with Gasteiger partial charge in [-0.15, -0.1) is 0 Å². The van der Waals surface area contributed by atoms with Crippen molar-refractivity contribution in [3.05, 3.63) is 89.8 Å². The Labute approximate surface area is 136 Å². The Hall–Kier alpha value is -2.81. The predicted molar refractivity (Wildman–Crippen MR) is 92.0 cm³/mol. The Balaban J connectivity index is 2.06. The van der Waals surface area contributed by atoms with Gasteiger partial charge < -0.3 is 9.64 Å². The molecule has 0 saturated carbocycles. The van der Waals surface area contributed by atoms with Crippen molar-refractivity contribution in [1.82, 2.24) is 0 Å². The summed E-state index contributed by atoms with van der Waals surface area (Å²) in [5.74, 6) is -0.379. The van der Waals surface area contributed by atoms with Crippen LogP contribution in [0, 0.1) is 0 Å². The first-order valence-electron chi connectivity index (χ1n) is 7.57. The van der Waals surface area contributed by atoms with E-state index in [4.69, 9.17) is 4.74 Å². The van der Waals surface area contributed by atoms with E-state index in [0.717, 1.165) is 16.8 Å². The molecule has 116 valence electrons. The van der Waals surface area contributed by atoms with Gasteiger partial charge in [0.1, 0.15) is 0 Å². The van der Waals surface area contributed by atoms with E-state index in [2.05, 4.69) is 6.20 Å². The zero-order valence-corrected chi connectivity index (χ0v) is 13.3. The molecule has 0 bridgehead atoms. The van der Waals surface area contributed by atoms with Crippen LogP contribution in [0.3, 0.4) is 0 Å². The molecular formula is C20H19NO2. The first kappa shape index (κ1) is 15.1. The second-order valence-corrected chi connectivity index (χ2v) is 5.54. The lowest BCUT2D eigenvalue weighted by molar-refractivity contribution is -0.136. The number of anilines is 1. The summed E-state index contributed by atoms with van der Waals surface area (Å²) in [6.45, 7) is 2.05. The number of allylic oxidation sites excluding steroid dienone is 1. The van der Waals surface area contributed by atoms with E-state index >= 15 is 0 Å². The number of ether oxygens (including phenoxy) is 1. The van der Waals surface area contributed by atoms with Crippen molar-refractivity contribution >= 4 is 11.7 Å².